The van der Waals surface area contributed by atoms with Crippen LogP contribution in [0.5, 0.6) is 0 Å². The van der Waals surface area contributed by atoms with Crippen molar-refractivity contribution in [2.24, 2.45) is 5.10 Å². The number of likely N-dealkylation sites (tertiary alicyclic amines) is 1. The quantitative estimate of drug-likeness (QED) is 0.824. The zero-order valence-electron chi connectivity index (χ0n) is 14.9. The van der Waals surface area contributed by atoms with Gasteiger partial charge < -0.3 is 14.5 Å². The molecule has 1 atom stereocenters. The summed E-state index contributed by atoms with van der Waals surface area (Å²) in [5.74, 6) is -0.216. The molecule has 2 aliphatic rings. The lowest BCUT2D eigenvalue weighted by Gasteiger charge is -2.36. The van der Waals surface area contributed by atoms with Gasteiger partial charge in [-0.1, -0.05) is 18.2 Å². The molecule has 1 saturated heterocycles. The van der Waals surface area contributed by atoms with Crippen LogP contribution < -0.4 is 0 Å². The van der Waals surface area contributed by atoms with Crippen molar-refractivity contribution in [3.8, 4) is 0 Å². The van der Waals surface area contributed by atoms with Crippen LogP contribution in [-0.4, -0.2) is 72.0 Å². The first-order chi connectivity index (χ1) is 12.0. The highest BCUT2D eigenvalue weighted by Gasteiger charge is 2.40. The van der Waals surface area contributed by atoms with E-state index in [2.05, 4.69) is 24.1 Å². The molecule has 2 heterocycles. The van der Waals surface area contributed by atoms with Gasteiger partial charge >= 0.3 is 0 Å². The van der Waals surface area contributed by atoms with Gasteiger partial charge in [0.15, 0.2) is 0 Å². The third kappa shape index (κ3) is 3.66. The molecular formula is C18H24N4O3. The zero-order valence-corrected chi connectivity index (χ0v) is 14.9. The van der Waals surface area contributed by atoms with Gasteiger partial charge in [0.25, 0.3) is 12.1 Å². The monoisotopic (exact) mass is 344 g/mol. The van der Waals surface area contributed by atoms with Crippen LogP contribution in [0.1, 0.15) is 25.3 Å². The first-order valence-electron chi connectivity index (χ1n) is 8.53. The van der Waals surface area contributed by atoms with E-state index in [1.807, 2.05) is 30.3 Å². The van der Waals surface area contributed by atoms with Gasteiger partial charge in [0.2, 0.25) is 11.8 Å². The minimum Gasteiger partial charge on any atom is -0.440 e. The number of benzene rings is 1. The number of hydrogen-bond donors (Lipinski definition) is 0. The van der Waals surface area contributed by atoms with E-state index in [0.717, 1.165) is 23.4 Å². The highest BCUT2D eigenvalue weighted by atomic mass is 16.5. The molecule has 134 valence electrons. The van der Waals surface area contributed by atoms with E-state index in [9.17, 15) is 9.59 Å². The van der Waals surface area contributed by atoms with Gasteiger partial charge in [-0.2, -0.15) is 5.01 Å². The Morgan fingerprint density at radius 3 is 2.36 bits per heavy atom. The van der Waals surface area contributed by atoms with Crippen LogP contribution in [0.15, 0.2) is 35.4 Å². The number of nitrogens with zero attached hydrogens (tertiary/aromatic N) is 4. The Kier molecular flexibility index (Phi) is 5.03. The highest BCUT2D eigenvalue weighted by Crippen LogP contribution is 2.22. The maximum atomic E-state index is 12.9. The summed E-state index contributed by atoms with van der Waals surface area (Å²) in [5, 5.41) is 5.36. The molecule has 0 N–H and O–H groups in total. The van der Waals surface area contributed by atoms with E-state index < -0.39 is 6.23 Å². The number of carbonyl (C=O) groups is 2. The van der Waals surface area contributed by atoms with Crippen LogP contribution in [0, 0.1) is 0 Å². The third-order valence-corrected chi connectivity index (χ3v) is 4.71. The van der Waals surface area contributed by atoms with Crippen LogP contribution in [-0.2, 0) is 14.3 Å². The third-order valence-electron chi connectivity index (χ3n) is 4.71. The first kappa shape index (κ1) is 17.4. The topological polar surface area (TPSA) is 65.5 Å². The van der Waals surface area contributed by atoms with Crippen LogP contribution in [0.2, 0.25) is 0 Å². The lowest BCUT2D eigenvalue weighted by Crippen LogP contribution is -2.51. The normalized spacial score (nSPS) is 21.3. The van der Waals surface area contributed by atoms with Crippen molar-refractivity contribution in [2.45, 2.75) is 32.0 Å². The molecule has 7 heteroatoms. The summed E-state index contributed by atoms with van der Waals surface area (Å²) in [7, 11) is 4.11. The Morgan fingerprint density at radius 2 is 1.80 bits per heavy atom. The summed E-state index contributed by atoms with van der Waals surface area (Å²) in [6, 6.07) is 9.77. The molecule has 1 unspecified atom stereocenters. The summed E-state index contributed by atoms with van der Waals surface area (Å²) in [5.41, 5.74) is 0.746. The Hall–Kier alpha value is -2.41. The van der Waals surface area contributed by atoms with E-state index in [0.29, 0.717) is 25.0 Å². The Morgan fingerprint density at radius 1 is 1.16 bits per heavy atom. The summed E-state index contributed by atoms with van der Waals surface area (Å²) < 4.78 is 5.76. The first-order valence-corrected chi connectivity index (χ1v) is 8.53. The van der Waals surface area contributed by atoms with Crippen LogP contribution in [0.4, 0.5) is 0 Å². The van der Waals surface area contributed by atoms with E-state index in [-0.39, 0.29) is 11.8 Å². The molecule has 0 aliphatic carbocycles. The number of hydrogen-bond acceptors (Lipinski definition) is 5. The SMILES string of the molecule is CC(=O)N1N=C(c2ccccc2)OC1C(=O)N1CCC(N(C)C)CC1. The van der Waals surface area contributed by atoms with E-state index in [1.165, 1.54) is 6.92 Å². The maximum Gasteiger partial charge on any atom is 0.287 e. The van der Waals surface area contributed by atoms with Gasteiger partial charge in [0.05, 0.1) is 0 Å². The average molecular weight is 344 g/mol. The van der Waals surface area contributed by atoms with E-state index in [1.54, 1.807) is 4.90 Å². The molecule has 0 bridgehead atoms. The molecule has 1 fully saturated rings. The van der Waals surface area contributed by atoms with Crippen LogP contribution in [0.25, 0.3) is 0 Å². The molecule has 0 aromatic heterocycles. The number of carbonyl (C=O) groups excluding carboxylic acids is 2. The number of piperidine rings is 1. The Balaban J connectivity index is 1.71. The largest absolute Gasteiger partial charge is 0.440 e. The number of ether oxygens (including phenoxy) is 1. The number of rotatable bonds is 3. The minimum atomic E-state index is -1.01. The van der Waals surface area contributed by atoms with Gasteiger partial charge in [-0.15, -0.1) is 5.10 Å². The second-order valence-electron chi connectivity index (χ2n) is 6.63. The van der Waals surface area contributed by atoms with Crippen molar-refractivity contribution in [2.75, 3.05) is 27.2 Å². The lowest BCUT2D eigenvalue weighted by atomic mass is 10.0. The summed E-state index contributed by atoms with van der Waals surface area (Å²) in [6.45, 7) is 2.71. The zero-order chi connectivity index (χ0) is 18.0. The van der Waals surface area contributed by atoms with Gasteiger partial charge in [-0.05, 0) is 39.1 Å². The molecule has 0 saturated carbocycles. The van der Waals surface area contributed by atoms with Gasteiger partial charge in [0, 0.05) is 31.6 Å². The molecule has 2 amide bonds. The molecule has 1 aromatic rings. The fraction of sp³-hybridized carbons (Fsp3) is 0.500. The van der Waals surface area contributed by atoms with Crippen LogP contribution >= 0.6 is 0 Å². The Labute approximate surface area is 147 Å². The molecule has 25 heavy (non-hydrogen) atoms. The predicted octanol–water partition coefficient (Wildman–Crippen LogP) is 1.11. The molecule has 7 nitrogen and oxygen atoms in total. The predicted molar refractivity (Wildman–Crippen MR) is 93.7 cm³/mol. The van der Waals surface area contributed by atoms with E-state index >= 15 is 0 Å². The van der Waals surface area contributed by atoms with Crippen molar-refractivity contribution in [1.82, 2.24) is 14.8 Å². The van der Waals surface area contributed by atoms with Gasteiger partial charge in [-0.3, -0.25) is 9.59 Å². The maximum absolute atomic E-state index is 12.9. The molecule has 0 spiro atoms. The molecule has 3 rings (SSSR count). The second-order valence-corrected chi connectivity index (χ2v) is 6.63. The van der Waals surface area contributed by atoms with Crippen LogP contribution in [0.3, 0.4) is 0 Å². The van der Waals surface area contributed by atoms with E-state index in [4.69, 9.17) is 4.74 Å². The molecule has 1 aromatic carbocycles. The van der Waals surface area contributed by atoms with Crippen molar-refractivity contribution < 1.29 is 14.3 Å². The van der Waals surface area contributed by atoms with Gasteiger partial charge in [-0.25, -0.2) is 0 Å². The van der Waals surface area contributed by atoms with Crippen molar-refractivity contribution in [1.29, 1.82) is 0 Å². The van der Waals surface area contributed by atoms with Crippen molar-refractivity contribution in [3.63, 3.8) is 0 Å². The van der Waals surface area contributed by atoms with Crippen molar-refractivity contribution in [3.05, 3.63) is 35.9 Å². The summed E-state index contributed by atoms with van der Waals surface area (Å²) >= 11 is 0. The minimum absolute atomic E-state index is 0.206. The second kappa shape index (κ2) is 7.23. The summed E-state index contributed by atoms with van der Waals surface area (Å²) in [4.78, 5) is 28.8. The standard InChI is InChI=1S/C18H24N4O3/c1-13(23)22-18(25-16(19-22)14-7-5-4-6-8-14)17(24)21-11-9-15(10-12-21)20(2)3/h4-8,15,18H,9-12H2,1-3H3. The molecule has 0 radical (unpaired) electrons. The Bertz CT molecular complexity index is 666. The number of hydrazone groups is 1. The highest BCUT2D eigenvalue weighted by molar-refractivity contribution is 5.99. The fourth-order valence-corrected chi connectivity index (χ4v) is 3.19. The summed E-state index contributed by atoms with van der Waals surface area (Å²) in [6.07, 6.45) is 0.819. The lowest BCUT2D eigenvalue weighted by molar-refractivity contribution is -0.155. The van der Waals surface area contributed by atoms with Crippen molar-refractivity contribution >= 4 is 17.7 Å². The number of amides is 2. The smallest absolute Gasteiger partial charge is 0.287 e. The molecule has 2 aliphatic heterocycles. The average Bonchev–Trinajstić information content (AvgIpc) is 3.07. The fourth-order valence-electron chi connectivity index (χ4n) is 3.19. The molecular weight excluding hydrogens is 320 g/mol. The van der Waals surface area contributed by atoms with Gasteiger partial charge in [0.1, 0.15) is 0 Å².